The quantitative estimate of drug-likeness (QED) is 0.638. The first-order valence-electron chi connectivity index (χ1n) is 7.22. The highest BCUT2D eigenvalue weighted by atomic mass is 16.4. The first kappa shape index (κ1) is 15.7. The number of aliphatic carboxylic acids is 1. The van der Waals surface area contributed by atoms with Crippen molar-refractivity contribution in [2.24, 2.45) is 0 Å². The number of carboxylic acid groups (broad SMARTS) is 1. The molecule has 0 radical (unpaired) electrons. The lowest BCUT2D eigenvalue weighted by atomic mass is 10.1. The van der Waals surface area contributed by atoms with E-state index in [1.54, 1.807) is 0 Å². The van der Waals surface area contributed by atoms with Crippen molar-refractivity contribution in [1.82, 2.24) is 5.32 Å². The summed E-state index contributed by atoms with van der Waals surface area (Å²) in [6, 6.07) is 8.84. The molecular weight excluding hydrogens is 238 g/mol. The molecule has 0 heterocycles. The molecule has 0 bridgehead atoms. The Kier molecular flexibility index (Phi) is 7.91. The normalized spacial score (nSPS) is 10.6. The maximum atomic E-state index is 10.3. The van der Waals surface area contributed by atoms with Gasteiger partial charge in [0.25, 0.3) is 0 Å². The van der Waals surface area contributed by atoms with Gasteiger partial charge in [0.15, 0.2) is 0 Å². The first-order valence-corrected chi connectivity index (χ1v) is 7.22. The average Bonchev–Trinajstić information content (AvgIpc) is 2.39. The Morgan fingerprint density at radius 2 is 1.68 bits per heavy atom. The van der Waals surface area contributed by atoms with Gasteiger partial charge >= 0.3 is 5.97 Å². The van der Waals surface area contributed by atoms with E-state index in [-0.39, 0.29) is 6.42 Å². The molecule has 0 amide bonds. The van der Waals surface area contributed by atoms with Crippen LogP contribution in [0.1, 0.15) is 43.7 Å². The third-order valence-electron chi connectivity index (χ3n) is 3.15. The molecule has 0 aliphatic heterocycles. The molecule has 0 saturated heterocycles. The number of hydrogen-bond donors (Lipinski definition) is 2. The van der Waals surface area contributed by atoms with Crippen LogP contribution in [0.5, 0.6) is 0 Å². The van der Waals surface area contributed by atoms with Crippen LogP contribution in [0.2, 0.25) is 0 Å². The Labute approximate surface area is 116 Å². The van der Waals surface area contributed by atoms with Gasteiger partial charge in [-0.3, -0.25) is 4.79 Å². The summed E-state index contributed by atoms with van der Waals surface area (Å²) in [6.07, 6.45) is 5.35. The van der Waals surface area contributed by atoms with E-state index in [0.29, 0.717) is 0 Å². The Bertz CT molecular complexity index is 360. The monoisotopic (exact) mass is 263 g/mol. The van der Waals surface area contributed by atoms with Gasteiger partial charge in [-0.05, 0) is 49.9 Å². The van der Waals surface area contributed by atoms with Gasteiger partial charge in [-0.2, -0.15) is 0 Å². The Morgan fingerprint density at radius 1 is 1.05 bits per heavy atom. The van der Waals surface area contributed by atoms with Crippen molar-refractivity contribution in [3.8, 4) is 0 Å². The third-order valence-corrected chi connectivity index (χ3v) is 3.15. The summed E-state index contributed by atoms with van der Waals surface area (Å²) in [4.78, 5) is 10.3. The zero-order valence-corrected chi connectivity index (χ0v) is 11.8. The van der Waals surface area contributed by atoms with Gasteiger partial charge in [-0.1, -0.05) is 37.6 Å². The van der Waals surface area contributed by atoms with E-state index in [1.165, 1.54) is 17.5 Å². The molecule has 2 N–H and O–H groups in total. The standard InChI is InChI=1S/C16H25NO2/c1-2-5-14-7-9-15(10-8-14)11-13-17-12-4-3-6-16(18)19/h7-10,17H,2-6,11-13H2,1H3,(H,18,19). The summed E-state index contributed by atoms with van der Waals surface area (Å²) in [5.74, 6) is -0.702. The number of unbranched alkanes of at least 4 members (excludes halogenated alkanes) is 1. The molecule has 0 aliphatic carbocycles. The highest BCUT2D eigenvalue weighted by Gasteiger charge is 1.97. The summed E-state index contributed by atoms with van der Waals surface area (Å²) in [6.45, 7) is 4.06. The molecule has 0 aromatic heterocycles. The molecule has 1 aromatic rings. The van der Waals surface area contributed by atoms with Crippen molar-refractivity contribution in [2.75, 3.05) is 13.1 Å². The van der Waals surface area contributed by atoms with Gasteiger partial charge < -0.3 is 10.4 Å². The fourth-order valence-corrected chi connectivity index (χ4v) is 2.05. The van der Waals surface area contributed by atoms with Crippen LogP contribution in [-0.4, -0.2) is 24.2 Å². The summed E-state index contributed by atoms with van der Waals surface area (Å²) in [5, 5.41) is 11.9. The minimum absolute atomic E-state index is 0.278. The van der Waals surface area contributed by atoms with Crippen LogP contribution in [0.25, 0.3) is 0 Å². The highest BCUT2D eigenvalue weighted by Crippen LogP contribution is 2.06. The van der Waals surface area contributed by atoms with Crippen molar-refractivity contribution in [1.29, 1.82) is 0 Å². The fraction of sp³-hybridized carbons (Fsp3) is 0.562. The second kappa shape index (κ2) is 9.56. The summed E-state index contributed by atoms with van der Waals surface area (Å²) < 4.78 is 0. The van der Waals surface area contributed by atoms with Crippen molar-refractivity contribution in [3.05, 3.63) is 35.4 Å². The number of aryl methyl sites for hydroxylation is 1. The van der Waals surface area contributed by atoms with Crippen LogP contribution in [-0.2, 0) is 17.6 Å². The molecule has 106 valence electrons. The molecule has 19 heavy (non-hydrogen) atoms. The Morgan fingerprint density at radius 3 is 2.26 bits per heavy atom. The number of hydrogen-bond acceptors (Lipinski definition) is 2. The van der Waals surface area contributed by atoms with Crippen molar-refractivity contribution >= 4 is 5.97 Å². The lowest BCUT2D eigenvalue weighted by Gasteiger charge is -2.05. The fourth-order valence-electron chi connectivity index (χ4n) is 2.05. The van der Waals surface area contributed by atoms with Crippen LogP contribution in [0, 0.1) is 0 Å². The van der Waals surface area contributed by atoms with Crippen LogP contribution in [0.4, 0.5) is 0 Å². The summed E-state index contributed by atoms with van der Waals surface area (Å²) in [5.41, 5.74) is 2.77. The van der Waals surface area contributed by atoms with E-state index >= 15 is 0 Å². The minimum Gasteiger partial charge on any atom is -0.481 e. The van der Waals surface area contributed by atoms with E-state index in [9.17, 15) is 4.79 Å². The van der Waals surface area contributed by atoms with Gasteiger partial charge in [0.05, 0.1) is 0 Å². The van der Waals surface area contributed by atoms with Crippen molar-refractivity contribution in [3.63, 3.8) is 0 Å². The SMILES string of the molecule is CCCc1ccc(CCNCCCCC(=O)O)cc1. The lowest BCUT2D eigenvalue weighted by Crippen LogP contribution is -2.18. The van der Waals surface area contributed by atoms with Gasteiger partial charge in [0.2, 0.25) is 0 Å². The smallest absolute Gasteiger partial charge is 0.303 e. The molecule has 0 aliphatic rings. The van der Waals surface area contributed by atoms with Gasteiger partial charge in [0, 0.05) is 6.42 Å². The van der Waals surface area contributed by atoms with E-state index in [0.717, 1.165) is 38.8 Å². The average molecular weight is 263 g/mol. The molecule has 0 fully saturated rings. The van der Waals surface area contributed by atoms with Crippen molar-refractivity contribution in [2.45, 2.75) is 45.4 Å². The molecular formula is C16H25NO2. The molecule has 0 unspecified atom stereocenters. The molecule has 3 nitrogen and oxygen atoms in total. The lowest BCUT2D eigenvalue weighted by molar-refractivity contribution is -0.137. The van der Waals surface area contributed by atoms with Crippen LogP contribution < -0.4 is 5.32 Å². The number of carboxylic acids is 1. The number of rotatable bonds is 10. The summed E-state index contributed by atoms with van der Waals surface area (Å²) in [7, 11) is 0. The number of nitrogens with one attached hydrogen (secondary N) is 1. The molecule has 3 heteroatoms. The van der Waals surface area contributed by atoms with E-state index in [1.807, 2.05) is 0 Å². The summed E-state index contributed by atoms with van der Waals surface area (Å²) >= 11 is 0. The Balaban J connectivity index is 2.07. The van der Waals surface area contributed by atoms with Gasteiger partial charge in [-0.25, -0.2) is 0 Å². The zero-order valence-electron chi connectivity index (χ0n) is 11.8. The minimum atomic E-state index is -0.702. The van der Waals surface area contributed by atoms with Crippen LogP contribution in [0.3, 0.4) is 0 Å². The third kappa shape index (κ3) is 7.62. The van der Waals surface area contributed by atoms with Crippen LogP contribution in [0.15, 0.2) is 24.3 Å². The number of carbonyl (C=O) groups is 1. The van der Waals surface area contributed by atoms with E-state index in [2.05, 4.69) is 36.5 Å². The second-order valence-corrected chi connectivity index (χ2v) is 4.92. The second-order valence-electron chi connectivity index (χ2n) is 4.92. The van der Waals surface area contributed by atoms with Crippen LogP contribution >= 0.6 is 0 Å². The van der Waals surface area contributed by atoms with Crippen molar-refractivity contribution < 1.29 is 9.90 Å². The van der Waals surface area contributed by atoms with E-state index < -0.39 is 5.97 Å². The molecule has 0 spiro atoms. The molecule has 1 aromatic carbocycles. The first-order chi connectivity index (χ1) is 9.22. The Hall–Kier alpha value is -1.35. The largest absolute Gasteiger partial charge is 0.481 e. The van der Waals surface area contributed by atoms with Gasteiger partial charge in [0.1, 0.15) is 0 Å². The molecule has 0 atom stereocenters. The maximum absolute atomic E-state index is 10.3. The maximum Gasteiger partial charge on any atom is 0.303 e. The molecule has 0 saturated carbocycles. The van der Waals surface area contributed by atoms with E-state index in [4.69, 9.17) is 5.11 Å². The zero-order chi connectivity index (χ0) is 13.9. The molecule has 1 rings (SSSR count). The van der Waals surface area contributed by atoms with Gasteiger partial charge in [-0.15, -0.1) is 0 Å². The highest BCUT2D eigenvalue weighted by molar-refractivity contribution is 5.66. The number of benzene rings is 1. The topological polar surface area (TPSA) is 49.3 Å². The predicted molar refractivity (Wildman–Crippen MR) is 78.5 cm³/mol. The predicted octanol–water partition coefficient (Wildman–Crippen LogP) is 3.03.